The molecule has 0 saturated carbocycles. The van der Waals surface area contributed by atoms with Crippen molar-refractivity contribution < 1.29 is 18.3 Å². The van der Waals surface area contributed by atoms with E-state index in [-0.39, 0.29) is 12.6 Å². The Hall–Kier alpha value is -2.02. The largest absolute Gasteiger partial charge is 0.408 e. The van der Waals surface area contributed by atoms with E-state index in [1.807, 2.05) is 18.2 Å². The molecule has 7 heteroatoms. The van der Waals surface area contributed by atoms with Crippen LogP contribution in [0.4, 0.5) is 18.9 Å². The summed E-state index contributed by atoms with van der Waals surface area (Å²) in [6, 6.07) is 9.82. The normalized spacial score (nSPS) is 17.8. The maximum atomic E-state index is 12.5. The molecule has 2 aromatic rings. The van der Waals surface area contributed by atoms with Gasteiger partial charge in [-0.25, -0.2) is 0 Å². The van der Waals surface area contributed by atoms with E-state index in [0.717, 1.165) is 23.2 Å². The zero-order valence-corrected chi connectivity index (χ0v) is 13.2. The number of fused-ring (bicyclic) bond motifs is 1. The monoisotopic (exact) mass is 339 g/mol. The second-order valence-electron chi connectivity index (χ2n) is 6.08. The molecule has 0 unspecified atom stereocenters. The second-order valence-corrected chi connectivity index (χ2v) is 6.08. The third-order valence-electron chi connectivity index (χ3n) is 4.32. The molecule has 4 nitrogen and oxygen atoms in total. The average molecular weight is 339 g/mol. The minimum absolute atomic E-state index is 0.0891. The number of rotatable bonds is 5. The summed E-state index contributed by atoms with van der Waals surface area (Å²) in [7, 11) is 0. The van der Waals surface area contributed by atoms with Gasteiger partial charge < -0.3 is 10.0 Å². The van der Waals surface area contributed by atoms with E-state index in [0.29, 0.717) is 18.7 Å². The van der Waals surface area contributed by atoms with Crippen molar-refractivity contribution in [3.63, 3.8) is 0 Å². The molecule has 2 heterocycles. The van der Waals surface area contributed by atoms with E-state index < -0.39 is 12.7 Å². The molecular weight excluding hydrogens is 319 g/mol. The number of hydrogen-bond acceptors (Lipinski definition) is 3. The van der Waals surface area contributed by atoms with Crippen molar-refractivity contribution in [3.8, 4) is 0 Å². The van der Waals surface area contributed by atoms with Crippen LogP contribution in [0.5, 0.6) is 0 Å². The highest BCUT2D eigenvalue weighted by Crippen LogP contribution is 2.33. The molecule has 1 aliphatic heterocycles. The van der Waals surface area contributed by atoms with Gasteiger partial charge in [0.25, 0.3) is 0 Å². The molecule has 130 valence electrons. The highest BCUT2D eigenvalue weighted by molar-refractivity contribution is 5.56. The van der Waals surface area contributed by atoms with Crippen LogP contribution >= 0.6 is 0 Å². The first-order chi connectivity index (χ1) is 11.5. The number of halogens is 3. The summed E-state index contributed by atoms with van der Waals surface area (Å²) in [6.07, 6.45) is -0.418. The molecule has 1 N–H and O–H groups in total. The number of aliphatic hydroxyl groups is 1. The van der Waals surface area contributed by atoms with Crippen LogP contribution < -0.4 is 4.90 Å². The average Bonchev–Trinajstić information content (AvgIpc) is 2.95. The molecular formula is C17H20F3N3O. The zero-order chi connectivity index (χ0) is 17.2. The lowest BCUT2D eigenvalue weighted by molar-refractivity contribution is -0.142. The van der Waals surface area contributed by atoms with E-state index >= 15 is 0 Å². The van der Waals surface area contributed by atoms with Gasteiger partial charge in [0.1, 0.15) is 6.54 Å². The molecule has 1 aromatic heterocycles. The molecule has 0 spiro atoms. The Balaban J connectivity index is 1.81. The number of hydrogen-bond donors (Lipinski definition) is 1. The first kappa shape index (κ1) is 16.8. The van der Waals surface area contributed by atoms with Crippen molar-refractivity contribution in [2.45, 2.75) is 44.6 Å². The summed E-state index contributed by atoms with van der Waals surface area (Å²) in [5.74, 6) is 0. The lowest BCUT2D eigenvalue weighted by Crippen LogP contribution is -2.39. The van der Waals surface area contributed by atoms with Crippen molar-refractivity contribution in [2.24, 2.45) is 0 Å². The molecule has 0 amide bonds. The Morgan fingerprint density at radius 2 is 2.00 bits per heavy atom. The quantitative estimate of drug-likeness (QED) is 0.910. The van der Waals surface area contributed by atoms with Gasteiger partial charge in [0.15, 0.2) is 0 Å². The SMILES string of the molecule is OCC[C@H]1CCc2ccccc2N1Cc1ccn(CC(F)(F)F)n1. The zero-order valence-electron chi connectivity index (χ0n) is 13.2. The third kappa shape index (κ3) is 3.90. The minimum atomic E-state index is -4.28. The van der Waals surface area contributed by atoms with Gasteiger partial charge in [-0.05, 0) is 37.0 Å². The van der Waals surface area contributed by atoms with Gasteiger partial charge in [-0.2, -0.15) is 18.3 Å². The maximum Gasteiger partial charge on any atom is 0.408 e. The molecule has 0 fully saturated rings. The van der Waals surface area contributed by atoms with Gasteiger partial charge in [-0.3, -0.25) is 4.68 Å². The van der Waals surface area contributed by atoms with Gasteiger partial charge >= 0.3 is 6.18 Å². The van der Waals surface area contributed by atoms with E-state index in [2.05, 4.69) is 16.1 Å². The van der Waals surface area contributed by atoms with Gasteiger partial charge in [0.2, 0.25) is 0 Å². The fourth-order valence-corrected chi connectivity index (χ4v) is 3.27. The first-order valence-corrected chi connectivity index (χ1v) is 8.01. The third-order valence-corrected chi connectivity index (χ3v) is 4.32. The van der Waals surface area contributed by atoms with E-state index in [1.54, 1.807) is 6.07 Å². The lowest BCUT2D eigenvalue weighted by Gasteiger charge is -2.38. The number of benzene rings is 1. The predicted molar refractivity (Wildman–Crippen MR) is 84.7 cm³/mol. The minimum Gasteiger partial charge on any atom is -0.396 e. The van der Waals surface area contributed by atoms with Crippen molar-refractivity contribution in [3.05, 3.63) is 47.8 Å². The summed E-state index contributed by atoms with van der Waals surface area (Å²) in [4.78, 5) is 2.15. The molecule has 1 aliphatic rings. The van der Waals surface area contributed by atoms with E-state index in [1.165, 1.54) is 11.8 Å². The Morgan fingerprint density at radius 1 is 1.21 bits per heavy atom. The van der Waals surface area contributed by atoms with E-state index in [4.69, 9.17) is 0 Å². The standard InChI is InChI=1S/C17H20F3N3O/c18-17(19,20)12-22-9-7-14(21-22)11-23-15(8-10-24)6-5-13-3-1-2-4-16(13)23/h1-4,7,9,15,24H,5-6,8,10-12H2/t15-/m1/s1. The number of anilines is 1. The predicted octanol–water partition coefficient (Wildman–Crippen LogP) is 3.15. The highest BCUT2D eigenvalue weighted by atomic mass is 19.4. The molecule has 0 saturated heterocycles. The topological polar surface area (TPSA) is 41.3 Å². The van der Waals surface area contributed by atoms with Crippen LogP contribution in [0, 0.1) is 0 Å². The van der Waals surface area contributed by atoms with Crippen LogP contribution in [0.3, 0.4) is 0 Å². The Labute approximate surface area is 138 Å². The molecule has 1 aromatic carbocycles. The summed E-state index contributed by atoms with van der Waals surface area (Å²) in [5.41, 5.74) is 2.90. The molecule has 24 heavy (non-hydrogen) atoms. The van der Waals surface area contributed by atoms with Crippen molar-refractivity contribution in [2.75, 3.05) is 11.5 Å². The van der Waals surface area contributed by atoms with Gasteiger partial charge in [-0.1, -0.05) is 18.2 Å². The molecule has 0 bridgehead atoms. The maximum absolute atomic E-state index is 12.5. The number of aromatic nitrogens is 2. The summed E-state index contributed by atoms with van der Waals surface area (Å²) in [5, 5.41) is 13.4. The van der Waals surface area contributed by atoms with Gasteiger partial charge in [0, 0.05) is 24.5 Å². The number of aliphatic hydroxyl groups excluding tert-OH is 1. The Kier molecular flexibility index (Phi) is 4.80. The number of alkyl halides is 3. The van der Waals surface area contributed by atoms with Gasteiger partial charge in [-0.15, -0.1) is 0 Å². The van der Waals surface area contributed by atoms with Gasteiger partial charge in [0.05, 0.1) is 12.2 Å². The fourth-order valence-electron chi connectivity index (χ4n) is 3.27. The number of nitrogens with zero attached hydrogens (tertiary/aromatic N) is 3. The summed E-state index contributed by atoms with van der Waals surface area (Å²) >= 11 is 0. The Morgan fingerprint density at radius 3 is 2.75 bits per heavy atom. The van der Waals surface area contributed by atoms with Crippen molar-refractivity contribution in [1.29, 1.82) is 0 Å². The first-order valence-electron chi connectivity index (χ1n) is 8.01. The molecule has 1 atom stereocenters. The highest BCUT2D eigenvalue weighted by Gasteiger charge is 2.29. The van der Waals surface area contributed by atoms with Crippen LogP contribution in [0.2, 0.25) is 0 Å². The van der Waals surface area contributed by atoms with Crippen LogP contribution in [-0.4, -0.2) is 33.7 Å². The second kappa shape index (κ2) is 6.84. The van der Waals surface area contributed by atoms with Crippen LogP contribution in [0.15, 0.2) is 36.5 Å². The number of aryl methyl sites for hydroxylation is 1. The summed E-state index contributed by atoms with van der Waals surface area (Å²) < 4.78 is 38.3. The molecule has 0 radical (unpaired) electrons. The lowest BCUT2D eigenvalue weighted by atomic mass is 9.94. The number of para-hydroxylation sites is 1. The molecule has 3 rings (SSSR count). The smallest absolute Gasteiger partial charge is 0.396 e. The molecule has 0 aliphatic carbocycles. The van der Waals surface area contributed by atoms with Crippen LogP contribution in [-0.2, 0) is 19.5 Å². The fraction of sp³-hybridized carbons (Fsp3) is 0.471. The van der Waals surface area contributed by atoms with Crippen LogP contribution in [0.25, 0.3) is 0 Å². The summed E-state index contributed by atoms with van der Waals surface area (Å²) in [6.45, 7) is -0.554. The Bertz CT molecular complexity index is 684. The van der Waals surface area contributed by atoms with Crippen molar-refractivity contribution >= 4 is 5.69 Å². The van der Waals surface area contributed by atoms with Crippen LogP contribution in [0.1, 0.15) is 24.1 Å². The van der Waals surface area contributed by atoms with E-state index in [9.17, 15) is 18.3 Å². The van der Waals surface area contributed by atoms with Crippen molar-refractivity contribution in [1.82, 2.24) is 9.78 Å².